The first-order valence-corrected chi connectivity index (χ1v) is 10.8. The Labute approximate surface area is 175 Å². The lowest BCUT2D eigenvalue weighted by Gasteiger charge is -2.32. The molecule has 1 saturated heterocycles. The van der Waals surface area contributed by atoms with Crippen LogP contribution in [-0.2, 0) is 22.3 Å². The number of hydrogen-bond donors (Lipinski definition) is 0. The SMILES string of the molecule is CCC(Cc1ccc2c(ccn2Cc2ccccc2)c1)B1OC(C)(C)C(C)(C)O1. The largest absolute Gasteiger partial charge is 0.461 e. The van der Waals surface area contributed by atoms with Crippen molar-refractivity contribution in [3.8, 4) is 0 Å². The normalized spacial score (nSPS) is 19.0. The van der Waals surface area contributed by atoms with Crippen molar-refractivity contribution in [1.29, 1.82) is 0 Å². The van der Waals surface area contributed by atoms with Gasteiger partial charge < -0.3 is 13.9 Å². The zero-order valence-corrected chi connectivity index (χ0v) is 18.3. The molecule has 1 unspecified atom stereocenters. The average Bonchev–Trinajstić information content (AvgIpc) is 3.17. The van der Waals surface area contributed by atoms with E-state index in [1.54, 1.807) is 0 Å². The van der Waals surface area contributed by atoms with Crippen LogP contribution in [0.5, 0.6) is 0 Å². The lowest BCUT2D eigenvalue weighted by Crippen LogP contribution is -2.41. The third-order valence-corrected chi connectivity index (χ3v) is 6.71. The van der Waals surface area contributed by atoms with Gasteiger partial charge in [-0.3, -0.25) is 0 Å². The number of rotatable bonds is 6. The lowest BCUT2D eigenvalue weighted by atomic mass is 9.67. The average molecular weight is 389 g/mol. The molecule has 2 heterocycles. The number of fused-ring (bicyclic) bond motifs is 1. The zero-order valence-electron chi connectivity index (χ0n) is 18.3. The van der Waals surface area contributed by atoms with Crippen LogP contribution in [0.1, 0.15) is 52.2 Å². The third kappa shape index (κ3) is 4.01. The highest BCUT2D eigenvalue weighted by Gasteiger charge is 2.53. The van der Waals surface area contributed by atoms with Crippen LogP contribution in [0.3, 0.4) is 0 Å². The highest BCUT2D eigenvalue weighted by atomic mass is 16.7. The molecule has 1 aromatic heterocycles. The fourth-order valence-corrected chi connectivity index (χ4v) is 4.11. The number of benzene rings is 2. The molecule has 0 spiro atoms. The second-order valence-electron chi connectivity index (χ2n) is 9.32. The van der Waals surface area contributed by atoms with Crippen molar-refractivity contribution in [2.75, 3.05) is 0 Å². The minimum absolute atomic E-state index is 0.150. The van der Waals surface area contributed by atoms with E-state index in [4.69, 9.17) is 9.31 Å². The van der Waals surface area contributed by atoms with Gasteiger partial charge in [-0.1, -0.05) is 49.7 Å². The van der Waals surface area contributed by atoms with Gasteiger partial charge in [0, 0.05) is 18.3 Å². The van der Waals surface area contributed by atoms with E-state index in [1.807, 2.05) is 0 Å². The second-order valence-corrected chi connectivity index (χ2v) is 9.32. The number of hydrogen-bond acceptors (Lipinski definition) is 2. The van der Waals surface area contributed by atoms with Gasteiger partial charge >= 0.3 is 7.12 Å². The highest BCUT2D eigenvalue weighted by molar-refractivity contribution is 6.47. The van der Waals surface area contributed by atoms with Gasteiger partial charge in [-0.05, 0) is 74.6 Å². The van der Waals surface area contributed by atoms with E-state index in [1.165, 1.54) is 22.0 Å². The summed E-state index contributed by atoms with van der Waals surface area (Å²) in [7, 11) is -0.150. The number of aromatic nitrogens is 1. The Morgan fingerprint density at radius 1 is 0.897 bits per heavy atom. The van der Waals surface area contributed by atoms with Gasteiger partial charge in [0.15, 0.2) is 0 Å². The van der Waals surface area contributed by atoms with Gasteiger partial charge in [-0.2, -0.15) is 0 Å². The molecule has 0 N–H and O–H groups in total. The van der Waals surface area contributed by atoms with E-state index in [9.17, 15) is 0 Å². The third-order valence-electron chi connectivity index (χ3n) is 6.71. The van der Waals surface area contributed by atoms with E-state index in [0.29, 0.717) is 5.82 Å². The van der Waals surface area contributed by atoms with Crippen LogP contribution in [-0.4, -0.2) is 22.9 Å². The van der Waals surface area contributed by atoms with Crippen LogP contribution in [0.15, 0.2) is 60.8 Å². The molecule has 2 aromatic carbocycles. The molecule has 1 aliphatic rings. The summed E-state index contributed by atoms with van der Waals surface area (Å²) in [6.07, 6.45) is 4.18. The van der Waals surface area contributed by atoms with Crippen LogP contribution in [0, 0.1) is 0 Å². The quantitative estimate of drug-likeness (QED) is 0.475. The van der Waals surface area contributed by atoms with E-state index in [0.717, 1.165) is 19.4 Å². The van der Waals surface area contributed by atoms with Gasteiger partial charge in [0.05, 0.1) is 11.2 Å². The van der Waals surface area contributed by atoms with Gasteiger partial charge in [0.1, 0.15) is 0 Å². The molecule has 152 valence electrons. The summed E-state index contributed by atoms with van der Waals surface area (Å²) >= 11 is 0. The fourth-order valence-electron chi connectivity index (χ4n) is 4.11. The Balaban J connectivity index is 1.51. The predicted molar refractivity (Wildman–Crippen MR) is 121 cm³/mol. The maximum absolute atomic E-state index is 6.32. The first kappa shape index (κ1) is 20.2. The molecule has 0 saturated carbocycles. The summed E-state index contributed by atoms with van der Waals surface area (Å²) in [5.41, 5.74) is 3.40. The highest BCUT2D eigenvalue weighted by Crippen LogP contribution is 2.41. The molecule has 4 rings (SSSR count). The first-order chi connectivity index (χ1) is 13.8. The molecule has 29 heavy (non-hydrogen) atoms. The van der Waals surface area contributed by atoms with E-state index < -0.39 is 0 Å². The summed E-state index contributed by atoms with van der Waals surface area (Å²) in [6, 6.07) is 19.7. The van der Waals surface area contributed by atoms with Gasteiger partial charge in [-0.15, -0.1) is 0 Å². The number of nitrogens with zero attached hydrogens (tertiary/aromatic N) is 1. The Kier molecular flexibility index (Phi) is 5.35. The topological polar surface area (TPSA) is 23.4 Å². The van der Waals surface area contributed by atoms with E-state index in [-0.39, 0.29) is 18.3 Å². The van der Waals surface area contributed by atoms with Crippen LogP contribution < -0.4 is 0 Å². The van der Waals surface area contributed by atoms with Gasteiger partial charge in [0.2, 0.25) is 0 Å². The van der Waals surface area contributed by atoms with Crippen LogP contribution in [0.2, 0.25) is 5.82 Å². The minimum atomic E-state index is -0.274. The molecule has 0 radical (unpaired) electrons. The molecule has 1 fully saturated rings. The predicted octanol–water partition coefficient (Wildman–Crippen LogP) is 6.10. The zero-order chi connectivity index (χ0) is 20.6. The molecular weight excluding hydrogens is 357 g/mol. The molecule has 0 aliphatic carbocycles. The lowest BCUT2D eigenvalue weighted by molar-refractivity contribution is 0.00578. The molecular formula is C25H32BNO2. The maximum Gasteiger partial charge on any atom is 0.461 e. The van der Waals surface area contributed by atoms with Crippen molar-refractivity contribution in [2.45, 2.75) is 71.0 Å². The van der Waals surface area contributed by atoms with Gasteiger partial charge in [0.25, 0.3) is 0 Å². The summed E-state index contributed by atoms with van der Waals surface area (Å²) in [4.78, 5) is 0. The summed E-state index contributed by atoms with van der Waals surface area (Å²) in [5, 5.41) is 1.29. The summed E-state index contributed by atoms with van der Waals surface area (Å²) < 4.78 is 15.0. The molecule has 4 heteroatoms. The van der Waals surface area contributed by atoms with Crippen molar-refractivity contribution in [3.63, 3.8) is 0 Å². The van der Waals surface area contributed by atoms with Crippen molar-refractivity contribution in [1.82, 2.24) is 4.57 Å². The molecule has 1 atom stereocenters. The fraction of sp³-hybridized carbons (Fsp3) is 0.440. The van der Waals surface area contributed by atoms with Crippen LogP contribution in [0.4, 0.5) is 0 Å². The smallest absolute Gasteiger partial charge is 0.403 e. The maximum atomic E-state index is 6.32. The van der Waals surface area contributed by atoms with Crippen molar-refractivity contribution in [2.24, 2.45) is 0 Å². The Bertz CT molecular complexity index is 961. The Hall–Kier alpha value is -2.04. The van der Waals surface area contributed by atoms with Crippen LogP contribution in [0.25, 0.3) is 10.9 Å². The monoisotopic (exact) mass is 389 g/mol. The van der Waals surface area contributed by atoms with Crippen molar-refractivity contribution in [3.05, 3.63) is 71.9 Å². The van der Waals surface area contributed by atoms with E-state index in [2.05, 4.69) is 100.0 Å². The van der Waals surface area contributed by atoms with Gasteiger partial charge in [-0.25, -0.2) is 0 Å². The van der Waals surface area contributed by atoms with E-state index >= 15 is 0 Å². The molecule has 0 bridgehead atoms. The Morgan fingerprint density at radius 2 is 1.59 bits per heavy atom. The molecule has 3 nitrogen and oxygen atoms in total. The van der Waals surface area contributed by atoms with Crippen molar-refractivity contribution < 1.29 is 9.31 Å². The molecule has 0 amide bonds. The summed E-state index contributed by atoms with van der Waals surface area (Å²) in [5.74, 6) is 0.347. The van der Waals surface area contributed by atoms with Crippen molar-refractivity contribution >= 4 is 18.0 Å². The Morgan fingerprint density at radius 3 is 2.24 bits per heavy atom. The van der Waals surface area contributed by atoms with Crippen LogP contribution >= 0.6 is 0 Å². The minimum Gasteiger partial charge on any atom is -0.403 e. The molecule has 3 aromatic rings. The second kappa shape index (κ2) is 7.66. The molecule has 1 aliphatic heterocycles. The first-order valence-electron chi connectivity index (χ1n) is 10.8. The standard InChI is InChI=1S/C25H32BNO2/c1-6-22(26-28-24(2,3)25(4,5)29-26)17-20-12-13-23-21(16-20)14-15-27(23)18-19-10-8-7-9-11-19/h7-16,22H,6,17-18H2,1-5H3. The summed E-state index contributed by atoms with van der Waals surface area (Å²) in [6.45, 7) is 11.6.